The highest BCUT2D eigenvalue weighted by molar-refractivity contribution is 5.93. The van der Waals surface area contributed by atoms with Crippen molar-refractivity contribution in [1.82, 2.24) is 0 Å². The van der Waals surface area contributed by atoms with E-state index in [1.165, 1.54) is 63.5 Å². The lowest BCUT2D eigenvalue weighted by Crippen LogP contribution is -2.20. The van der Waals surface area contributed by atoms with E-state index in [-0.39, 0.29) is 5.56 Å². The van der Waals surface area contributed by atoms with E-state index >= 15 is 0 Å². The lowest BCUT2D eigenvalue weighted by Gasteiger charge is -2.18. The molecule has 0 aromatic heterocycles. The molecule has 50 heavy (non-hydrogen) atoms. The minimum Gasteiger partial charge on any atom is -0.494 e. The largest absolute Gasteiger partial charge is 0.494 e. The molecule has 0 spiro atoms. The van der Waals surface area contributed by atoms with Gasteiger partial charge in [-0.2, -0.15) is 4.39 Å². The minimum absolute atomic E-state index is 0.0635. The predicted molar refractivity (Wildman–Crippen MR) is 193 cm³/mol. The number of carbonyl (C=O) groups excluding carboxylic acids is 2. The highest BCUT2D eigenvalue weighted by atomic mass is 19.2. The Kier molecular flexibility index (Phi) is 18.5. The summed E-state index contributed by atoms with van der Waals surface area (Å²) in [5, 5.41) is 0. The Morgan fingerprint density at radius 2 is 1.12 bits per heavy atom. The molecule has 0 heterocycles. The molecule has 0 aliphatic carbocycles. The van der Waals surface area contributed by atoms with Crippen LogP contribution in [-0.2, 0) is 4.74 Å². The predicted octanol–water partition coefficient (Wildman–Crippen LogP) is 12.6. The van der Waals surface area contributed by atoms with Crippen LogP contribution < -0.4 is 9.47 Å². The quantitative estimate of drug-likeness (QED) is 0.0404. The van der Waals surface area contributed by atoms with Gasteiger partial charge in [-0.3, -0.25) is 0 Å². The van der Waals surface area contributed by atoms with Crippen LogP contribution in [0.3, 0.4) is 0 Å². The second kappa shape index (κ2) is 22.8. The number of esters is 2. The van der Waals surface area contributed by atoms with Crippen molar-refractivity contribution in [2.45, 2.75) is 136 Å². The molecule has 0 saturated heterocycles. The molecule has 5 nitrogen and oxygen atoms in total. The van der Waals surface area contributed by atoms with Crippen molar-refractivity contribution >= 4 is 11.9 Å². The van der Waals surface area contributed by atoms with E-state index in [0.29, 0.717) is 25.5 Å². The van der Waals surface area contributed by atoms with Gasteiger partial charge in [0.2, 0.25) is 5.82 Å². The first-order valence-corrected chi connectivity index (χ1v) is 18.7. The van der Waals surface area contributed by atoms with Crippen molar-refractivity contribution in [3.05, 3.63) is 83.2 Å². The van der Waals surface area contributed by atoms with E-state index in [9.17, 15) is 22.8 Å². The average molecular weight is 697 g/mol. The van der Waals surface area contributed by atoms with Crippen LogP contribution in [0, 0.1) is 17.5 Å². The van der Waals surface area contributed by atoms with Crippen LogP contribution in [0.5, 0.6) is 11.5 Å². The summed E-state index contributed by atoms with van der Waals surface area (Å²) < 4.78 is 60.4. The number of hydrogen-bond donors (Lipinski definition) is 0. The summed E-state index contributed by atoms with van der Waals surface area (Å²) in [5.74, 6) is -7.54. The monoisotopic (exact) mass is 696 g/mol. The summed E-state index contributed by atoms with van der Waals surface area (Å²) in [5.41, 5.74) is 0.960. The first-order valence-electron chi connectivity index (χ1n) is 18.7. The number of halogens is 3. The van der Waals surface area contributed by atoms with Gasteiger partial charge in [0.25, 0.3) is 0 Å². The first kappa shape index (κ1) is 40.6. The van der Waals surface area contributed by atoms with Crippen LogP contribution in [0.2, 0.25) is 0 Å². The van der Waals surface area contributed by atoms with Crippen LogP contribution in [0.4, 0.5) is 13.2 Å². The van der Waals surface area contributed by atoms with Crippen LogP contribution in [0.1, 0.15) is 151 Å². The van der Waals surface area contributed by atoms with Crippen molar-refractivity contribution in [2.24, 2.45) is 0 Å². The van der Waals surface area contributed by atoms with E-state index < -0.39 is 46.8 Å². The Morgan fingerprint density at radius 3 is 1.70 bits per heavy atom. The van der Waals surface area contributed by atoms with E-state index in [1.54, 1.807) is 12.1 Å². The van der Waals surface area contributed by atoms with Crippen molar-refractivity contribution in [3.8, 4) is 22.6 Å². The van der Waals surface area contributed by atoms with Gasteiger partial charge in [0.15, 0.2) is 17.4 Å². The van der Waals surface area contributed by atoms with Gasteiger partial charge < -0.3 is 14.2 Å². The van der Waals surface area contributed by atoms with E-state index in [2.05, 4.69) is 13.8 Å². The molecule has 0 bridgehead atoms. The maximum Gasteiger partial charge on any atom is 0.343 e. The zero-order valence-electron chi connectivity index (χ0n) is 30.2. The zero-order chi connectivity index (χ0) is 36.1. The third-order valence-electron chi connectivity index (χ3n) is 8.88. The van der Waals surface area contributed by atoms with Gasteiger partial charge in [-0.1, -0.05) is 129 Å². The molecule has 0 amide bonds. The molecule has 0 fully saturated rings. The van der Waals surface area contributed by atoms with Crippen LogP contribution in [0.25, 0.3) is 11.1 Å². The molecule has 1 atom stereocenters. The molecular weight excluding hydrogens is 641 g/mol. The molecule has 0 N–H and O–H groups in total. The number of unbranched alkanes of at least 4 members (excludes halogenated alkanes) is 12. The van der Waals surface area contributed by atoms with E-state index in [1.807, 2.05) is 31.2 Å². The minimum atomic E-state index is -1.91. The fourth-order valence-electron chi connectivity index (χ4n) is 5.88. The maximum absolute atomic E-state index is 14.7. The van der Waals surface area contributed by atoms with Gasteiger partial charge in [-0.25, -0.2) is 18.4 Å². The second-order valence-electron chi connectivity index (χ2n) is 13.1. The number of carbonyl (C=O) groups is 2. The Morgan fingerprint density at radius 1 is 0.580 bits per heavy atom. The molecule has 274 valence electrons. The fourth-order valence-corrected chi connectivity index (χ4v) is 5.88. The molecule has 0 radical (unpaired) electrons. The van der Waals surface area contributed by atoms with Gasteiger partial charge >= 0.3 is 11.9 Å². The number of rotatable bonds is 24. The SMILES string of the molecule is CCCCCCCCCCCCOc1ccc(-c2ccc(C(=O)Oc3cc(C(=O)OC(CCC)CCCCCC)c(F)c(F)c3F)cc2)cc1. The summed E-state index contributed by atoms with van der Waals surface area (Å²) in [6, 6.07) is 14.7. The number of benzene rings is 3. The Balaban J connectivity index is 1.53. The third kappa shape index (κ3) is 13.5. The third-order valence-corrected chi connectivity index (χ3v) is 8.88. The number of hydrogen-bond acceptors (Lipinski definition) is 5. The summed E-state index contributed by atoms with van der Waals surface area (Å²) in [4.78, 5) is 25.7. The Bertz CT molecular complexity index is 1440. The van der Waals surface area contributed by atoms with Crippen LogP contribution in [0.15, 0.2) is 54.6 Å². The average Bonchev–Trinajstić information content (AvgIpc) is 3.13. The molecular formula is C42H55F3O5. The summed E-state index contributed by atoms with van der Waals surface area (Å²) >= 11 is 0. The second-order valence-corrected chi connectivity index (χ2v) is 13.1. The summed E-state index contributed by atoms with van der Waals surface area (Å²) in [7, 11) is 0. The van der Waals surface area contributed by atoms with Gasteiger partial charge in [-0.15, -0.1) is 0 Å². The van der Waals surface area contributed by atoms with E-state index in [4.69, 9.17) is 14.2 Å². The van der Waals surface area contributed by atoms with Gasteiger partial charge in [-0.05, 0) is 61.1 Å². The summed E-state index contributed by atoms with van der Waals surface area (Å²) in [6.45, 7) is 6.93. The van der Waals surface area contributed by atoms with Gasteiger partial charge in [0.05, 0.1) is 12.2 Å². The molecule has 8 heteroatoms. The normalized spacial score (nSPS) is 11.7. The Labute approximate surface area is 296 Å². The van der Waals surface area contributed by atoms with Crippen LogP contribution in [-0.4, -0.2) is 24.6 Å². The standard InChI is InChI=1S/C42H55F3O5/c1-4-7-9-11-12-13-14-15-16-18-29-48-34-27-25-32(26-28-34)31-21-23-33(24-22-31)41(46)50-37-30-36(38(43)40(45)39(37)44)42(47)49-35(19-6-3)20-17-10-8-5-2/h21-28,30,35H,4-20,29H2,1-3H3. The zero-order valence-corrected chi connectivity index (χ0v) is 30.2. The first-order chi connectivity index (χ1) is 24.3. The molecule has 3 aromatic carbocycles. The molecule has 3 rings (SSSR count). The molecule has 0 saturated carbocycles. The Hall–Kier alpha value is -3.81. The van der Waals surface area contributed by atoms with Crippen LogP contribution >= 0.6 is 0 Å². The lowest BCUT2D eigenvalue weighted by molar-refractivity contribution is 0.0246. The number of ether oxygens (including phenoxy) is 3. The topological polar surface area (TPSA) is 61.8 Å². The van der Waals surface area contributed by atoms with E-state index in [0.717, 1.165) is 61.8 Å². The molecule has 0 aliphatic rings. The molecule has 3 aromatic rings. The van der Waals surface area contributed by atoms with Crippen molar-refractivity contribution in [2.75, 3.05) is 6.61 Å². The van der Waals surface area contributed by atoms with Crippen molar-refractivity contribution in [1.29, 1.82) is 0 Å². The van der Waals surface area contributed by atoms with Crippen molar-refractivity contribution < 1.29 is 37.0 Å². The fraction of sp³-hybridized carbons (Fsp3) is 0.524. The lowest BCUT2D eigenvalue weighted by atomic mass is 10.0. The molecule has 0 aliphatic heterocycles. The highest BCUT2D eigenvalue weighted by Crippen LogP contribution is 2.29. The summed E-state index contributed by atoms with van der Waals surface area (Å²) in [6.07, 6.45) is 18.0. The van der Waals surface area contributed by atoms with Crippen molar-refractivity contribution in [3.63, 3.8) is 0 Å². The maximum atomic E-state index is 14.7. The smallest absolute Gasteiger partial charge is 0.343 e. The van der Waals surface area contributed by atoms with Gasteiger partial charge in [0.1, 0.15) is 17.4 Å². The van der Waals surface area contributed by atoms with Gasteiger partial charge in [0, 0.05) is 6.07 Å². The molecule has 1 unspecified atom stereocenters. The highest BCUT2D eigenvalue weighted by Gasteiger charge is 2.27.